The molecule has 4 aromatic carbocycles. The zero-order valence-electron chi connectivity index (χ0n) is 27.0. The Bertz CT molecular complexity index is 1690. The van der Waals surface area contributed by atoms with Crippen LogP contribution in [0.5, 0.6) is 0 Å². The van der Waals surface area contributed by atoms with Crippen LogP contribution in [0.3, 0.4) is 0 Å². The summed E-state index contributed by atoms with van der Waals surface area (Å²) in [7, 11) is 0. The van der Waals surface area contributed by atoms with E-state index in [-0.39, 0.29) is 13.2 Å². The maximum atomic E-state index is 12.0. The van der Waals surface area contributed by atoms with Gasteiger partial charge in [0.15, 0.2) is 25.2 Å². The molecule has 0 amide bonds. The summed E-state index contributed by atoms with van der Waals surface area (Å²) in [5.74, 6) is 0. The van der Waals surface area contributed by atoms with Crippen LogP contribution in [0.2, 0.25) is 0 Å². The first-order valence-corrected chi connectivity index (χ1v) is 17.9. The molecular weight excluding hydrogens is 660 g/mol. The minimum atomic E-state index is -1.13. The van der Waals surface area contributed by atoms with E-state index in [1.165, 1.54) is 11.8 Å². The summed E-state index contributed by atoms with van der Waals surface area (Å²) in [6, 6.07) is 39.1. The predicted molar refractivity (Wildman–Crippen MR) is 179 cm³/mol. The average Bonchev–Trinajstić information content (AvgIpc) is 3.17. The molecule has 9 rings (SSSR count). The first-order chi connectivity index (χ1) is 24.7. The molecule has 10 nitrogen and oxygen atoms in total. The summed E-state index contributed by atoms with van der Waals surface area (Å²) < 4.78 is 59.3. The number of aliphatic hydroxyl groups excluding tert-OH is 1. The molecule has 5 heterocycles. The number of aliphatic hydroxyl groups is 1. The molecule has 1 N–H and O–H groups in total. The maximum absolute atomic E-state index is 12.0. The van der Waals surface area contributed by atoms with Crippen molar-refractivity contribution in [1.29, 1.82) is 0 Å². The van der Waals surface area contributed by atoms with Gasteiger partial charge >= 0.3 is 0 Å². The summed E-state index contributed by atoms with van der Waals surface area (Å²) in [6.45, 7) is 0.481. The fourth-order valence-electron chi connectivity index (χ4n) is 7.19. The van der Waals surface area contributed by atoms with Gasteiger partial charge in [0.05, 0.1) is 13.2 Å². The highest BCUT2D eigenvalue weighted by Gasteiger charge is 2.58. The van der Waals surface area contributed by atoms with E-state index in [0.717, 1.165) is 21.6 Å². The highest BCUT2D eigenvalue weighted by molar-refractivity contribution is 7.99. The SMILES string of the molecule is O[C@@H]1[C@H]2OC(c3ccccc3)O[C@@H]3[C@@H](O[C@@H]2O[C@@H]2CO[C@@H](c4ccccc4)O[C@@H]12)[C@@H]1O[C@H](c2ccccc2)OC[C@H]1O[C@H]3Sc1ccccc1. The Balaban J connectivity index is 1.07. The molecule has 0 aromatic heterocycles. The smallest absolute Gasteiger partial charge is 0.187 e. The van der Waals surface area contributed by atoms with Gasteiger partial charge in [-0.15, -0.1) is 0 Å². The molecule has 5 fully saturated rings. The van der Waals surface area contributed by atoms with Gasteiger partial charge in [-0.2, -0.15) is 0 Å². The molecule has 4 aromatic rings. The monoisotopic (exact) mass is 698 g/mol. The van der Waals surface area contributed by atoms with Crippen LogP contribution in [-0.4, -0.2) is 78.9 Å². The van der Waals surface area contributed by atoms with E-state index in [1.807, 2.05) is 121 Å². The number of hydrogen-bond acceptors (Lipinski definition) is 11. The lowest BCUT2D eigenvalue weighted by Gasteiger charge is -2.54. The van der Waals surface area contributed by atoms with Crippen LogP contribution in [0.25, 0.3) is 0 Å². The molecule has 50 heavy (non-hydrogen) atoms. The van der Waals surface area contributed by atoms with Crippen molar-refractivity contribution in [3.8, 4) is 0 Å². The molecule has 0 aliphatic carbocycles. The highest BCUT2D eigenvalue weighted by atomic mass is 32.2. The molecule has 5 saturated heterocycles. The van der Waals surface area contributed by atoms with E-state index in [1.54, 1.807) is 0 Å². The van der Waals surface area contributed by atoms with Gasteiger partial charge in [0.25, 0.3) is 0 Å². The standard InChI is InChI=1S/C39H38O10S/c40-29-30-27(21-41-35(45-30)23-13-5-1-6-14-23)43-38-32(29)47-37(25-17-9-3-10-18-25)49-34-33(48-38)31-28(44-39(34)50-26-19-11-4-12-20-26)22-42-36(46-31)24-15-7-2-8-16-24/h1-20,27-40H,21-22H2/t27-,28-,29+,30-,31-,32-,33+,34-,35-,36-,37?,38+,39+/m1/s1. The predicted octanol–water partition coefficient (Wildman–Crippen LogP) is 5.69. The molecule has 13 atom stereocenters. The van der Waals surface area contributed by atoms with Crippen molar-refractivity contribution < 1.29 is 47.7 Å². The van der Waals surface area contributed by atoms with Crippen LogP contribution in [0.15, 0.2) is 126 Å². The normalized spacial score (nSPS) is 38.3. The third-order valence-corrected chi connectivity index (χ3v) is 10.8. The van der Waals surface area contributed by atoms with Crippen molar-refractivity contribution in [3.63, 3.8) is 0 Å². The van der Waals surface area contributed by atoms with Crippen LogP contribution in [0.4, 0.5) is 0 Å². The van der Waals surface area contributed by atoms with Crippen LogP contribution < -0.4 is 0 Å². The first kappa shape index (κ1) is 32.7. The second kappa shape index (κ2) is 14.5. The first-order valence-electron chi connectivity index (χ1n) is 17.0. The van der Waals surface area contributed by atoms with Gasteiger partial charge in [-0.1, -0.05) is 121 Å². The van der Waals surface area contributed by atoms with E-state index in [4.69, 9.17) is 42.6 Å². The molecule has 0 saturated carbocycles. The lowest BCUT2D eigenvalue weighted by Crippen LogP contribution is -2.68. The Morgan fingerprint density at radius 1 is 0.440 bits per heavy atom. The quantitative estimate of drug-likeness (QED) is 0.278. The van der Waals surface area contributed by atoms with E-state index in [2.05, 4.69) is 0 Å². The Labute approximate surface area is 294 Å². The van der Waals surface area contributed by atoms with Crippen molar-refractivity contribution >= 4 is 11.8 Å². The summed E-state index contributed by atoms with van der Waals surface area (Å²) in [6.07, 6.45) is -9.08. The third-order valence-electron chi connectivity index (χ3n) is 9.66. The van der Waals surface area contributed by atoms with Crippen LogP contribution >= 0.6 is 11.8 Å². The van der Waals surface area contributed by atoms with Gasteiger partial charge in [-0.05, 0) is 12.1 Å². The van der Waals surface area contributed by atoms with Crippen molar-refractivity contribution in [2.24, 2.45) is 0 Å². The van der Waals surface area contributed by atoms with Gasteiger partial charge in [-0.25, -0.2) is 0 Å². The van der Waals surface area contributed by atoms with Crippen LogP contribution in [0, 0.1) is 0 Å². The third kappa shape index (κ3) is 6.53. The van der Waals surface area contributed by atoms with Crippen LogP contribution in [0.1, 0.15) is 35.6 Å². The van der Waals surface area contributed by atoms with Gasteiger partial charge in [0.1, 0.15) is 54.3 Å². The number of benzene rings is 4. The molecule has 1 unspecified atom stereocenters. The molecule has 0 bridgehead atoms. The second-order valence-electron chi connectivity index (χ2n) is 12.9. The minimum Gasteiger partial charge on any atom is -0.387 e. The van der Waals surface area contributed by atoms with E-state index < -0.39 is 79.4 Å². The van der Waals surface area contributed by atoms with Crippen molar-refractivity contribution in [3.05, 3.63) is 138 Å². The molecule has 0 radical (unpaired) electrons. The van der Waals surface area contributed by atoms with E-state index in [0.29, 0.717) is 0 Å². The zero-order chi connectivity index (χ0) is 33.4. The average molecular weight is 699 g/mol. The lowest BCUT2D eigenvalue weighted by atomic mass is 9.95. The van der Waals surface area contributed by atoms with Crippen molar-refractivity contribution in [2.45, 2.75) is 84.3 Å². The second-order valence-corrected chi connectivity index (χ2v) is 14.1. The molecule has 5 aliphatic heterocycles. The van der Waals surface area contributed by atoms with Gasteiger partial charge in [0.2, 0.25) is 0 Å². The van der Waals surface area contributed by atoms with Gasteiger partial charge < -0.3 is 47.7 Å². The molecule has 0 spiro atoms. The minimum absolute atomic E-state index is 0.197. The van der Waals surface area contributed by atoms with Crippen molar-refractivity contribution in [1.82, 2.24) is 0 Å². The lowest BCUT2D eigenvalue weighted by molar-refractivity contribution is -0.425. The molecular formula is C39H38O10S. The number of thioether (sulfide) groups is 1. The molecule has 11 heteroatoms. The number of hydrogen-bond donors (Lipinski definition) is 1. The van der Waals surface area contributed by atoms with Gasteiger partial charge in [0, 0.05) is 21.6 Å². The largest absolute Gasteiger partial charge is 0.387 e. The maximum Gasteiger partial charge on any atom is 0.187 e. The Kier molecular flexibility index (Phi) is 9.46. The topological polar surface area (TPSA) is 103 Å². The summed E-state index contributed by atoms with van der Waals surface area (Å²) in [4.78, 5) is 1.01. The summed E-state index contributed by atoms with van der Waals surface area (Å²) in [5.41, 5.74) is 1.99. The number of ether oxygens (including phenoxy) is 9. The van der Waals surface area contributed by atoms with Gasteiger partial charge in [-0.3, -0.25) is 0 Å². The molecule has 260 valence electrons. The Hall–Kier alpha value is -3.17. The Morgan fingerprint density at radius 3 is 1.52 bits per heavy atom. The highest BCUT2D eigenvalue weighted by Crippen LogP contribution is 2.46. The fourth-order valence-corrected chi connectivity index (χ4v) is 8.33. The van der Waals surface area contributed by atoms with E-state index in [9.17, 15) is 5.11 Å². The van der Waals surface area contributed by atoms with Crippen molar-refractivity contribution in [2.75, 3.05) is 13.2 Å². The fraction of sp³-hybridized carbons (Fsp3) is 0.385. The van der Waals surface area contributed by atoms with E-state index >= 15 is 0 Å². The number of fused-ring (bicyclic) bond motifs is 5. The van der Waals surface area contributed by atoms with Crippen LogP contribution in [-0.2, 0) is 42.6 Å². The zero-order valence-corrected chi connectivity index (χ0v) is 27.8. The summed E-state index contributed by atoms with van der Waals surface area (Å²) in [5, 5.41) is 12.0. The summed E-state index contributed by atoms with van der Waals surface area (Å²) >= 11 is 1.54. The number of rotatable bonds is 5. The molecule has 5 aliphatic rings. The Morgan fingerprint density at radius 2 is 0.920 bits per heavy atom.